The van der Waals surface area contributed by atoms with Crippen molar-refractivity contribution in [2.24, 2.45) is 5.92 Å². The minimum Gasteiger partial charge on any atom is -0.394 e. The van der Waals surface area contributed by atoms with Crippen LogP contribution in [0.3, 0.4) is 0 Å². The first-order chi connectivity index (χ1) is 14.6. The molecule has 0 amide bonds. The van der Waals surface area contributed by atoms with Crippen LogP contribution in [0, 0.1) is 5.92 Å². The number of aliphatic hydroxyl groups excluding tert-OH is 1. The zero-order chi connectivity index (χ0) is 22.6. The van der Waals surface area contributed by atoms with Gasteiger partial charge in [0.05, 0.1) is 12.6 Å². The maximum atomic E-state index is 11.4. The van der Waals surface area contributed by atoms with Crippen molar-refractivity contribution in [1.82, 2.24) is 15.0 Å². The van der Waals surface area contributed by atoms with E-state index in [0.717, 1.165) is 23.3 Å². The molecule has 11 heteroatoms. The van der Waals surface area contributed by atoms with Gasteiger partial charge in [0.1, 0.15) is 15.9 Å². The first kappa shape index (κ1) is 24.1. The quantitative estimate of drug-likeness (QED) is 0.188. The van der Waals surface area contributed by atoms with Gasteiger partial charge in [0, 0.05) is 5.25 Å². The molecule has 8 nitrogen and oxygen atoms in total. The number of thioether (sulfide) groups is 1. The largest absolute Gasteiger partial charge is 0.394 e. The van der Waals surface area contributed by atoms with Crippen LogP contribution in [0.4, 0.5) is 5.82 Å². The zero-order valence-corrected chi connectivity index (χ0v) is 20.1. The van der Waals surface area contributed by atoms with E-state index >= 15 is 0 Å². The molecule has 4 N–H and O–H groups in total. The molecule has 3 aromatic rings. The van der Waals surface area contributed by atoms with Crippen LogP contribution in [0.2, 0.25) is 0 Å². The van der Waals surface area contributed by atoms with E-state index in [2.05, 4.69) is 41.0 Å². The Morgan fingerprint density at radius 2 is 1.84 bits per heavy atom. The Morgan fingerprint density at radius 3 is 2.45 bits per heavy atom. The Hall–Kier alpha value is -1.55. The second kappa shape index (κ2) is 10.4. The number of thiazole rings is 1. The normalized spacial score (nSPS) is 14.2. The summed E-state index contributed by atoms with van der Waals surface area (Å²) in [4.78, 5) is 32.2. The maximum absolute atomic E-state index is 11.4. The van der Waals surface area contributed by atoms with E-state index in [0.29, 0.717) is 32.2 Å². The number of nitrogens with one attached hydrogen (secondary N) is 1. The molecule has 0 aliphatic rings. The Morgan fingerprint density at radius 1 is 1.13 bits per heavy atom. The van der Waals surface area contributed by atoms with Gasteiger partial charge in [-0.05, 0) is 24.8 Å². The molecule has 2 aromatic heterocycles. The van der Waals surface area contributed by atoms with Crippen LogP contribution in [0.5, 0.6) is 0 Å². The molecule has 2 atom stereocenters. The Bertz CT molecular complexity index is 1060. The van der Waals surface area contributed by atoms with E-state index in [1.165, 1.54) is 11.8 Å². The van der Waals surface area contributed by atoms with Crippen molar-refractivity contribution < 1.29 is 19.5 Å². The van der Waals surface area contributed by atoms with Crippen LogP contribution in [-0.4, -0.2) is 42.5 Å². The first-order valence-corrected chi connectivity index (χ1v) is 13.4. The third kappa shape index (κ3) is 6.97. The van der Waals surface area contributed by atoms with Crippen LogP contribution in [-0.2, 0) is 10.7 Å². The Balaban J connectivity index is 1.97. The average Bonchev–Trinajstić information content (AvgIpc) is 3.08. The van der Waals surface area contributed by atoms with Crippen molar-refractivity contribution in [3.63, 3.8) is 0 Å². The standard InChI is InChI=1S/C20H27N4O4PS2/c1-12(2)9-15(10-25)21-18-17-19(22-16(31-17)11-29(26,27)28)24-20(23-18)30-13(3)14-7-5-4-6-8-14/h4-8,12-13,15,25H,9-11H2,1-3H3,(H,21,23,24)(H2,26,27,28)/t13-,15?/m0/s1. The molecule has 0 aliphatic carbocycles. The number of hydrogen-bond donors (Lipinski definition) is 4. The van der Waals surface area contributed by atoms with Crippen LogP contribution < -0.4 is 5.32 Å². The van der Waals surface area contributed by atoms with E-state index in [-0.39, 0.29) is 17.9 Å². The topological polar surface area (TPSA) is 128 Å². The summed E-state index contributed by atoms with van der Waals surface area (Å²) >= 11 is 2.65. The molecule has 0 bridgehead atoms. The number of hydrogen-bond acceptors (Lipinski definition) is 8. The molecule has 0 saturated carbocycles. The summed E-state index contributed by atoms with van der Waals surface area (Å²) in [5.41, 5.74) is 1.54. The monoisotopic (exact) mass is 482 g/mol. The number of anilines is 1. The van der Waals surface area contributed by atoms with Gasteiger partial charge < -0.3 is 20.2 Å². The SMILES string of the molecule is CC(C)CC(CO)Nc1nc(S[C@@H](C)c2ccccc2)nc2nc(CP(=O)(O)O)sc12. The van der Waals surface area contributed by atoms with Gasteiger partial charge in [0.25, 0.3) is 0 Å². The lowest BCUT2D eigenvalue weighted by molar-refractivity contribution is 0.259. The van der Waals surface area contributed by atoms with Crippen LogP contribution in [0.25, 0.3) is 10.3 Å². The lowest BCUT2D eigenvalue weighted by Crippen LogP contribution is -2.26. The highest BCUT2D eigenvalue weighted by Crippen LogP contribution is 2.42. The van der Waals surface area contributed by atoms with Crippen molar-refractivity contribution in [3.8, 4) is 0 Å². The van der Waals surface area contributed by atoms with E-state index in [1.807, 2.05) is 30.3 Å². The lowest BCUT2D eigenvalue weighted by Gasteiger charge is -2.19. The summed E-state index contributed by atoms with van der Waals surface area (Å²) in [7, 11) is -4.25. The number of aliphatic hydroxyl groups is 1. The lowest BCUT2D eigenvalue weighted by atomic mass is 10.0. The highest BCUT2D eigenvalue weighted by Gasteiger charge is 2.22. The maximum Gasteiger partial charge on any atom is 0.332 e. The predicted molar refractivity (Wildman–Crippen MR) is 126 cm³/mol. The van der Waals surface area contributed by atoms with Gasteiger partial charge in [0.2, 0.25) is 0 Å². The zero-order valence-electron chi connectivity index (χ0n) is 17.6. The Labute approximate surface area is 189 Å². The molecule has 168 valence electrons. The fraction of sp³-hybridized carbons (Fsp3) is 0.450. The number of rotatable bonds is 10. The highest BCUT2D eigenvalue weighted by molar-refractivity contribution is 7.99. The second-order valence-electron chi connectivity index (χ2n) is 7.76. The van der Waals surface area contributed by atoms with E-state index in [4.69, 9.17) is 0 Å². The van der Waals surface area contributed by atoms with Crippen LogP contribution >= 0.6 is 30.7 Å². The fourth-order valence-corrected chi connectivity index (χ4v) is 5.96. The van der Waals surface area contributed by atoms with Crippen molar-refractivity contribution >= 4 is 46.9 Å². The third-order valence-corrected chi connectivity index (χ3v) is 7.48. The molecule has 3 rings (SSSR count). The van der Waals surface area contributed by atoms with Gasteiger partial charge in [-0.2, -0.15) is 0 Å². The smallest absolute Gasteiger partial charge is 0.332 e. The minimum absolute atomic E-state index is 0.0548. The van der Waals surface area contributed by atoms with Crippen molar-refractivity contribution in [3.05, 3.63) is 40.9 Å². The molecule has 0 aliphatic heterocycles. The second-order valence-corrected chi connectivity index (χ2v) is 11.8. The van der Waals surface area contributed by atoms with Gasteiger partial charge in [-0.15, -0.1) is 11.3 Å². The number of benzene rings is 1. The van der Waals surface area contributed by atoms with Crippen molar-refractivity contribution in [2.75, 3.05) is 11.9 Å². The van der Waals surface area contributed by atoms with Gasteiger partial charge in [0.15, 0.2) is 16.6 Å². The molecule has 0 spiro atoms. The number of aromatic nitrogens is 3. The number of nitrogens with zero attached hydrogens (tertiary/aromatic N) is 3. The molecular weight excluding hydrogens is 455 g/mol. The minimum atomic E-state index is -4.25. The fourth-order valence-electron chi connectivity index (χ4n) is 3.13. The molecule has 0 fully saturated rings. The summed E-state index contributed by atoms with van der Waals surface area (Å²) in [5, 5.41) is 14.0. The molecule has 31 heavy (non-hydrogen) atoms. The summed E-state index contributed by atoms with van der Waals surface area (Å²) in [6.07, 6.45) is 0.310. The van der Waals surface area contributed by atoms with Crippen molar-refractivity contribution in [1.29, 1.82) is 0 Å². The molecule has 0 saturated heterocycles. The van der Waals surface area contributed by atoms with Gasteiger partial charge in [-0.3, -0.25) is 4.57 Å². The average molecular weight is 483 g/mol. The molecule has 1 aromatic carbocycles. The van der Waals surface area contributed by atoms with Gasteiger partial charge >= 0.3 is 7.60 Å². The van der Waals surface area contributed by atoms with E-state index in [1.54, 1.807) is 0 Å². The Kier molecular flexibility index (Phi) is 8.07. The molecule has 0 radical (unpaired) electrons. The molecule has 2 heterocycles. The number of fused-ring (bicyclic) bond motifs is 1. The summed E-state index contributed by atoms with van der Waals surface area (Å²) in [6.45, 7) is 6.16. The molecular formula is C20H27N4O4PS2. The van der Waals surface area contributed by atoms with Gasteiger partial charge in [-0.1, -0.05) is 55.9 Å². The van der Waals surface area contributed by atoms with Crippen LogP contribution in [0.15, 0.2) is 35.5 Å². The highest BCUT2D eigenvalue weighted by atomic mass is 32.2. The predicted octanol–water partition coefficient (Wildman–Crippen LogP) is 4.44. The summed E-state index contributed by atoms with van der Waals surface area (Å²) in [6, 6.07) is 9.82. The summed E-state index contributed by atoms with van der Waals surface area (Å²) in [5.74, 6) is 0.905. The van der Waals surface area contributed by atoms with Gasteiger partial charge in [-0.25, -0.2) is 15.0 Å². The summed E-state index contributed by atoms with van der Waals surface area (Å²) < 4.78 is 12.1. The third-order valence-electron chi connectivity index (χ3n) is 4.49. The van der Waals surface area contributed by atoms with E-state index < -0.39 is 13.8 Å². The van der Waals surface area contributed by atoms with E-state index in [9.17, 15) is 19.5 Å². The van der Waals surface area contributed by atoms with Crippen molar-refractivity contribution in [2.45, 2.75) is 49.8 Å². The molecule has 1 unspecified atom stereocenters. The first-order valence-electron chi connectivity index (χ1n) is 9.95. The van der Waals surface area contributed by atoms with Crippen LogP contribution in [0.1, 0.15) is 43.0 Å².